The highest BCUT2D eigenvalue weighted by atomic mass is 35.5. The van der Waals surface area contributed by atoms with Gasteiger partial charge in [0.1, 0.15) is 11.0 Å². The number of anilines is 1. The van der Waals surface area contributed by atoms with Crippen molar-refractivity contribution in [1.29, 1.82) is 5.26 Å². The SMILES string of the molecule is Cc1cnc(Cl)c(NS(=O)(=O)c2cc(Cl)ccc2C#N)c1. The summed E-state index contributed by atoms with van der Waals surface area (Å²) in [4.78, 5) is 3.65. The zero-order chi connectivity index (χ0) is 15.6. The molecule has 21 heavy (non-hydrogen) atoms. The molecule has 0 saturated heterocycles. The second-order valence-electron chi connectivity index (χ2n) is 4.21. The number of nitriles is 1. The maximum atomic E-state index is 12.4. The Bertz CT molecular complexity index is 845. The zero-order valence-electron chi connectivity index (χ0n) is 10.8. The van der Waals surface area contributed by atoms with Crippen molar-refractivity contribution < 1.29 is 8.42 Å². The van der Waals surface area contributed by atoms with Crippen LogP contribution in [0.4, 0.5) is 5.69 Å². The number of pyridine rings is 1. The minimum Gasteiger partial charge on any atom is -0.276 e. The van der Waals surface area contributed by atoms with Crippen LogP contribution in [0.5, 0.6) is 0 Å². The normalized spacial score (nSPS) is 11.0. The van der Waals surface area contributed by atoms with Crippen LogP contribution in [-0.2, 0) is 10.0 Å². The molecule has 0 amide bonds. The molecule has 108 valence electrons. The maximum Gasteiger partial charge on any atom is 0.263 e. The van der Waals surface area contributed by atoms with Crippen LogP contribution in [-0.4, -0.2) is 13.4 Å². The van der Waals surface area contributed by atoms with Crippen LogP contribution in [0.15, 0.2) is 35.4 Å². The van der Waals surface area contributed by atoms with Gasteiger partial charge in [0.05, 0.1) is 11.3 Å². The third-order valence-corrected chi connectivity index (χ3v) is 4.52. The fraction of sp³-hybridized carbons (Fsp3) is 0.0769. The number of benzene rings is 1. The molecule has 1 aromatic carbocycles. The van der Waals surface area contributed by atoms with Crippen molar-refractivity contribution in [2.75, 3.05) is 4.72 Å². The molecule has 8 heteroatoms. The van der Waals surface area contributed by atoms with Gasteiger partial charge in [0.15, 0.2) is 5.15 Å². The first-order valence-electron chi connectivity index (χ1n) is 5.68. The number of nitrogens with zero attached hydrogens (tertiary/aromatic N) is 2. The van der Waals surface area contributed by atoms with Crippen LogP contribution in [0.1, 0.15) is 11.1 Å². The highest BCUT2D eigenvalue weighted by Gasteiger charge is 2.20. The Kier molecular flexibility index (Phi) is 4.37. The predicted octanol–water partition coefficient (Wildman–Crippen LogP) is 3.37. The molecule has 0 bridgehead atoms. The third kappa shape index (κ3) is 3.45. The van der Waals surface area contributed by atoms with Crippen molar-refractivity contribution in [1.82, 2.24) is 4.98 Å². The van der Waals surface area contributed by atoms with Gasteiger partial charge < -0.3 is 0 Å². The van der Waals surface area contributed by atoms with E-state index in [0.29, 0.717) is 0 Å². The van der Waals surface area contributed by atoms with E-state index in [-0.39, 0.29) is 26.3 Å². The van der Waals surface area contributed by atoms with Gasteiger partial charge in [0.2, 0.25) is 0 Å². The van der Waals surface area contributed by atoms with E-state index in [1.165, 1.54) is 24.4 Å². The first kappa shape index (κ1) is 15.6. The number of aromatic nitrogens is 1. The number of hydrogen-bond donors (Lipinski definition) is 1. The lowest BCUT2D eigenvalue weighted by Crippen LogP contribution is -2.15. The number of hydrogen-bond acceptors (Lipinski definition) is 4. The van der Waals surface area contributed by atoms with Gasteiger partial charge in [-0.25, -0.2) is 13.4 Å². The molecule has 5 nitrogen and oxygen atoms in total. The van der Waals surface area contributed by atoms with E-state index >= 15 is 0 Å². The third-order valence-electron chi connectivity index (χ3n) is 2.57. The number of rotatable bonds is 3. The molecule has 1 aromatic heterocycles. The van der Waals surface area contributed by atoms with Crippen molar-refractivity contribution in [3.05, 3.63) is 51.8 Å². The molecule has 2 aromatic rings. The summed E-state index contributed by atoms with van der Waals surface area (Å²) in [5, 5.41) is 9.24. The average molecular weight is 342 g/mol. The molecule has 0 radical (unpaired) electrons. The number of aryl methyl sites for hydroxylation is 1. The molecule has 1 N–H and O–H groups in total. The molecule has 0 fully saturated rings. The first-order valence-corrected chi connectivity index (χ1v) is 7.92. The van der Waals surface area contributed by atoms with E-state index in [2.05, 4.69) is 9.71 Å². The molecular weight excluding hydrogens is 333 g/mol. The number of halogens is 2. The summed E-state index contributed by atoms with van der Waals surface area (Å²) in [6.45, 7) is 1.75. The van der Waals surface area contributed by atoms with Crippen molar-refractivity contribution in [2.24, 2.45) is 0 Å². The second kappa shape index (κ2) is 5.90. The summed E-state index contributed by atoms with van der Waals surface area (Å²) < 4.78 is 27.1. The van der Waals surface area contributed by atoms with Gasteiger partial charge in [0.25, 0.3) is 10.0 Å². The van der Waals surface area contributed by atoms with Crippen molar-refractivity contribution in [2.45, 2.75) is 11.8 Å². The summed E-state index contributed by atoms with van der Waals surface area (Å²) in [5.41, 5.74) is 0.868. The van der Waals surface area contributed by atoms with Gasteiger partial charge in [-0.1, -0.05) is 23.2 Å². The van der Waals surface area contributed by atoms with E-state index in [0.717, 1.165) is 5.56 Å². The largest absolute Gasteiger partial charge is 0.276 e. The van der Waals surface area contributed by atoms with Crippen LogP contribution in [0.3, 0.4) is 0 Å². The fourth-order valence-corrected chi connectivity index (χ4v) is 3.32. The minimum absolute atomic E-state index is 0.0105. The van der Waals surface area contributed by atoms with Crippen molar-refractivity contribution >= 4 is 38.9 Å². The summed E-state index contributed by atoms with van der Waals surface area (Å²) >= 11 is 11.7. The topological polar surface area (TPSA) is 82.8 Å². The first-order chi connectivity index (χ1) is 9.83. The molecule has 1 heterocycles. The van der Waals surface area contributed by atoms with E-state index in [4.69, 9.17) is 28.5 Å². The standard InChI is InChI=1S/C13H9Cl2N3O2S/c1-8-4-11(13(15)17-7-8)18-21(19,20)12-5-10(14)3-2-9(12)6-16/h2-5,7,18H,1H3. The highest BCUT2D eigenvalue weighted by molar-refractivity contribution is 7.92. The zero-order valence-corrected chi connectivity index (χ0v) is 13.1. The Morgan fingerprint density at radius 2 is 2.00 bits per heavy atom. The lowest BCUT2D eigenvalue weighted by atomic mass is 10.2. The van der Waals surface area contributed by atoms with E-state index in [1.807, 2.05) is 6.07 Å². The molecule has 0 aliphatic heterocycles. The van der Waals surface area contributed by atoms with Crippen molar-refractivity contribution in [3.63, 3.8) is 0 Å². The number of nitrogens with one attached hydrogen (secondary N) is 1. The lowest BCUT2D eigenvalue weighted by Gasteiger charge is -2.11. The predicted molar refractivity (Wildman–Crippen MR) is 81.0 cm³/mol. The molecule has 0 atom stereocenters. The smallest absolute Gasteiger partial charge is 0.263 e. The summed E-state index contributed by atoms with van der Waals surface area (Å²) in [5.74, 6) is 0. The Hall–Kier alpha value is -1.81. The Morgan fingerprint density at radius 1 is 1.29 bits per heavy atom. The Labute approximate surface area is 132 Å². The second-order valence-corrected chi connectivity index (χ2v) is 6.65. The monoisotopic (exact) mass is 341 g/mol. The van der Waals surface area contributed by atoms with E-state index in [1.54, 1.807) is 13.0 Å². The molecule has 2 rings (SSSR count). The fourth-order valence-electron chi connectivity index (χ4n) is 1.63. The molecule has 0 unspecified atom stereocenters. The molecule has 0 aliphatic rings. The highest BCUT2D eigenvalue weighted by Crippen LogP contribution is 2.26. The van der Waals surface area contributed by atoms with Crippen LogP contribution < -0.4 is 4.72 Å². The van der Waals surface area contributed by atoms with Gasteiger partial charge in [-0.2, -0.15) is 5.26 Å². The van der Waals surface area contributed by atoms with Crippen LogP contribution >= 0.6 is 23.2 Å². The summed E-state index contributed by atoms with van der Waals surface area (Å²) in [6.07, 6.45) is 1.51. The van der Waals surface area contributed by atoms with Crippen LogP contribution in [0, 0.1) is 18.3 Å². The van der Waals surface area contributed by atoms with Gasteiger partial charge in [-0.05, 0) is 36.8 Å². The summed E-state index contributed by atoms with van der Waals surface area (Å²) in [7, 11) is -4.00. The number of sulfonamides is 1. The molecule has 0 spiro atoms. The lowest BCUT2D eigenvalue weighted by molar-refractivity contribution is 0.601. The Morgan fingerprint density at radius 3 is 2.67 bits per heavy atom. The molecular formula is C13H9Cl2N3O2S. The minimum atomic E-state index is -4.00. The van der Waals surface area contributed by atoms with E-state index in [9.17, 15) is 8.42 Å². The van der Waals surface area contributed by atoms with Gasteiger partial charge in [0, 0.05) is 11.2 Å². The molecule has 0 saturated carbocycles. The van der Waals surface area contributed by atoms with E-state index < -0.39 is 10.0 Å². The maximum absolute atomic E-state index is 12.4. The molecule has 0 aliphatic carbocycles. The van der Waals surface area contributed by atoms with Gasteiger partial charge in [-0.3, -0.25) is 4.72 Å². The van der Waals surface area contributed by atoms with Gasteiger partial charge in [-0.15, -0.1) is 0 Å². The van der Waals surface area contributed by atoms with Crippen molar-refractivity contribution in [3.8, 4) is 6.07 Å². The average Bonchev–Trinajstić information content (AvgIpc) is 2.42. The summed E-state index contributed by atoms with van der Waals surface area (Å²) in [6, 6.07) is 7.35. The van der Waals surface area contributed by atoms with Crippen LogP contribution in [0.25, 0.3) is 0 Å². The Balaban J connectivity index is 2.51. The van der Waals surface area contributed by atoms with Crippen LogP contribution in [0.2, 0.25) is 10.2 Å². The van der Waals surface area contributed by atoms with Gasteiger partial charge >= 0.3 is 0 Å². The quantitative estimate of drug-likeness (QED) is 0.867.